The summed E-state index contributed by atoms with van der Waals surface area (Å²) >= 11 is 0. The molecule has 2 aliphatic rings. The number of aliphatic hydroxyl groups is 2. The van der Waals surface area contributed by atoms with Crippen molar-refractivity contribution in [3.63, 3.8) is 0 Å². The van der Waals surface area contributed by atoms with E-state index in [-0.39, 0.29) is 19.1 Å². The van der Waals surface area contributed by atoms with E-state index in [0.717, 1.165) is 12.8 Å². The van der Waals surface area contributed by atoms with Crippen LogP contribution in [0, 0.1) is 5.92 Å². The van der Waals surface area contributed by atoms with E-state index in [1.807, 2.05) is 0 Å². The van der Waals surface area contributed by atoms with Gasteiger partial charge in [0.05, 0.1) is 13.2 Å². The summed E-state index contributed by atoms with van der Waals surface area (Å²) in [6, 6.07) is 34.1. The third kappa shape index (κ3) is 2.64. The average Bonchev–Trinajstić information content (AvgIpc) is 3.36. The monoisotopic (exact) mass is 446 g/mol. The van der Waals surface area contributed by atoms with Gasteiger partial charge in [-0.3, -0.25) is 0 Å². The van der Waals surface area contributed by atoms with Gasteiger partial charge in [-0.15, -0.1) is 0 Å². The van der Waals surface area contributed by atoms with Crippen molar-refractivity contribution in [3.8, 4) is 22.3 Å². The SMILES string of the molecule is CCC(CC1(CO)c2ccccc2-c2ccccc21)C1(CO)c2ccccc2-c2ccccc21. The van der Waals surface area contributed by atoms with Gasteiger partial charge in [0.1, 0.15) is 0 Å². The molecule has 0 fully saturated rings. The van der Waals surface area contributed by atoms with Gasteiger partial charge in [0, 0.05) is 10.8 Å². The molecule has 2 nitrogen and oxygen atoms in total. The fourth-order valence-electron chi connectivity index (χ4n) is 7.06. The van der Waals surface area contributed by atoms with Crippen LogP contribution in [0.3, 0.4) is 0 Å². The first kappa shape index (κ1) is 21.3. The molecule has 34 heavy (non-hydrogen) atoms. The zero-order chi connectivity index (χ0) is 23.3. The molecule has 0 bridgehead atoms. The summed E-state index contributed by atoms with van der Waals surface area (Å²) in [6.07, 6.45) is 1.66. The molecule has 0 heterocycles. The molecule has 1 unspecified atom stereocenters. The minimum atomic E-state index is -0.503. The Morgan fingerprint density at radius 2 is 0.941 bits per heavy atom. The van der Waals surface area contributed by atoms with Crippen LogP contribution in [0.1, 0.15) is 42.0 Å². The lowest BCUT2D eigenvalue weighted by Gasteiger charge is -2.43. The van der Waals surface area contributed by atoms with Crippen molar-refractivity contribution in [2.75, 3.05) is 13.2 Å². The summed E-state index contributed by atoms with van der Waals surface area (Å²) in [5.74, 6) is 0.133. The molecule has 0 saturated carbocycles. The summed E-state index contributed by atoms with van der Waals surface area (Å²) in [5, 5.41) is 22.3. The second-order valence-electron chi connectivity index (χ2n) is 9.86. The molecule has 1 atom stereocenters. The molecule has 4 aromatic rings. The van der Waals surface area contributed by atoms with Gasteiger partial charge in [-0.25, -0.2) is 0 Å². The quantitative estimate of drug-likeness (QED) is 0.364. The first-order valence-electron chi connectivity index (χ1n) is 12.3. The summed E-state index contributed by atoms with van der Waals surface area (Å²) in [5.41, 5.74) is 8.68. The van der Waals surface area contributed by atoms with Crippen molar-refractivity contribution in [3.05, 3.63) is 119 Å². The molecular weight excluding hydrogens is 416 g/mol. The average molecular weight is 447 g/mol. The Morgan fingerprint density at radius 1 is 0.559 bits per heavy atom. The highest BCUT2D eigenvalue weighted by Crippen LogP contribution is 2.58. The summed E-state index contributed by atoms with van der Waals surface area (Å²) in [4.78, 5) is 0. The number of hydrogen-bond acceptors (Lipinski definition) is 2. The van der Waals surface area contributed by atoms with Crippen molar-refractivity contribution >= 4 is 0 Å². The first-order chi connectivity index (χ1) is 16.7. The Morgan fingerprint density at radius 3 is 1.32 bits per heavy atom. The molecule has 2 heteroatoms. The minimum Gasteiger partial charge on any atom is -0.395 e. The normalized spacial score (nSPS) is 16.9. The van der Waals surface area contributed by atoms with Gasteiger partial charge >= 0.3 is 0 Å². The second-order valence-corrected chi connectivity index (χ2v) is 9.86. The van der Waals surface area contributed by atoms with Crippen LogP contribution in [-0.4, -0.2) is 23.4 Å². The Labute approximate surface area is 201 Å². The molecule has 4 aromatic carbocycles. The lowest BCUT2D eigenvalue weighted by molar-refractivity contribution is 0.125. The fraction of sp³-hybridized carbons (Fsp3) is 0.250. The summed E-state index contributed by atoms with van der Waals surface area (Å²) in [6.45, 7) is 2.32. The molecule has 0 spiro atoms. The Bertz CT molecular complexity index is 1280. The van der Waals surface area contributed by atoms with Gasteiger partial charge in [0.25, 0.3) is 0 Å². The molecule has 170 valence electrons. The number of fused-ring (bicyclic) bond motifs is 6. The Hall–Kier alpha value is -3.20. The predicted molar refractivity (Wildman–Crippen MR) is 138 cm³/mol. The highest BCUT2D eigenvalue weighted by atomic mass is 16.3. The Balaban J connectivity index is 1.57. The van der Waals surface area contributed by atoms with E-state index >= 15 is 0 Å². The maximum Gasteiger partial charge on any atom is 0.0571 e. The third-order valence-electron chi connectivity index (χ3n) is 8.58. The summed E-state index contributed by atoms with van der Waals surface area (Å²) < 4.78 is 0. The van der Waals surface area contributed by atoms with E-state index in [2.05, 4.69) is 104 Å². The van der Waals surface area contributed by atoms with Crippen molar-refractivity contribution in [1.29, 1.82) is 0 Å². The molecule has 0 radical (unpaired) electrons. The van der Waals surface area contributed by atoms with Crippen molar-refractivity contribution in [2.24, 2.45) is 5.92 Å². The maximum atomic E-state index is 11.2. The molecule has 0 aromatic heterocycles. The van der Waals surface area contributed by atoms with Gasteiger partial charge in [-0.1, -0.05) is 110 Å². The third-order valence-corrected chi connectivity index (χ3v) is 8.58. The van der Waals surface area contributed by atoms with Crippen LogP contribution in [0.5, 0.6) is 0 Å². The fourth-order valence-corrected chi connectivity index (χ4v) is 7.06. The number of rotatable bonds is 6. The van der Waals surface area contributed by atoms with Crippen LogP contribution < -0.4 is 0 Å². The van der Waals surface area contributed by atoms with E-state index in [1.165, 1.54) is 44.5 Å². The van der Waals surface area contributed by atoms with Crippen LogP contribution in [-0.2, 0) is 10.8 Å². The molecule has 0 aliphatic heterocycles. The zero-order valence-electron chi connectivity index (χ0n) is 19.5. The smallest absolute Gasteiger partial charge is 0.0571 e. The molecule has 2 aliphatic carbocycles. The molecule has 0 saturated heterocycles. The molecule has 2 N–H and O–H groups in total. The van der Waals surface area contributed by atoms with Gasteiger partial charge in [0.15, 0.2) is 0 Å². The molecular formula is C32H30O2. The second kappa shape index (κ2) is 7.94. The minimum absolute atomic E-state index is 0.0440. The van der Waals surface area contributed by atoms with Crippen LogP contribution in [0.15, 0.2) is 97.1 Å². The van der Waals surface area contributed by atoms with Crippen LogP contribution >= 0.6 is 0 Å². The van der Waals surface area contributed by atoms with Gasteiger partial charge in [0.2, 0.25) is 0 Å². The van der Waals surface area contributed by atoms with Crippen molar-refractivity contribution in [2.45, 2.75) is 30.6 Å². The van der Waals surface area contributed by atoms with E-state index in [9.17, 15) is 10.2 Å². The van der Waals surface area contributed by atoms with Crippen LogP contribution in [0.2, 0.25) is 0 Å². The molecule has 0 amide bonds. The highest BCUT2D eigenvalue weighted by molar-refractivity contribution is 5.83. The van der Waals surface area contributed by atoms with Crippen molar-refractivity contribution in [1.82, 2.24) is 0 Å². The van der Waals surface area contributed by atoms with Gasteiger partial charge in [-0.05, 0) is 56.8 Å². The summed E-state index contributed by atoms with van der Waals surface area (Å²) in [7, 11) is 0. The van der Waals surface area contributed by atoms with Crippen LogP contribution in [0.4, 0.5) is 0 Å². The predicted octanol–water partition coefficient (Wildman–Crippen LogP) is 6.32. The number of aliphatic hydroxyl groups excluding tert-OH is 2. The van der Waals surface area contributed by atoms with Crippen molar-refractivity contribution < 1.29 is 10.2 Å². The Kier molecular flexibility index (Phi) is 4.98. The largest absolute Gasteiger partial charge is 0.395 e. The standard InChI is InChI=1S/C32H30O2/c1-2-22(32(21-34)29-17-9-5-13-25(29)26-14-6-10-18-30(26)32)19-31(20-33)27-15-7-3-11-23(27)24-12-4-8-16-28(24)31/h3-18,22,33-34H,2,19-21H2,1H3. The van der Waals surface area contributed by atoms with E-state index in [1.54, 1.807) is 0 Å². The van der Waals surface area contributed by atoms with Crippen LogP contribution in [0.25, 0.3) is 22.3 Å². The van der Waals surface area contributed by atoms with Gasteiger partial charge in [-0.2, -0.15) is 0 Å². The van der Waals surface area contributed by atoms with E-state index in [4.69, 9.17) is 0 Å². The molecule has 6 rings (SSSR count). The maximum absolute atomic E-state index is 11.2. The van der Waals surface area contributed by atoms with Gasteiger partial charge < -0.3 is 10.2 Å². The number of hydrogen-bond donors (Lipinski definition) is 2. The van der Waals surface area contributed by atoms with E-state index < -0.39 is 10.8 Å². The number of benzene rings is 4. The highest BCUT2D eigenvalue weighted by Gasteiger charge is 2.52. The lowest BCUT2D eigenvalue weighted by atomic mass is 9.61. The van der Waals surface area contributed by atoms with E-state index in [0.29, 0.717) is 0 Å². The lowest BCUT2D eigenvalue weighted by Crippen LogP contribution is -2.43. The topological polar surface area (TPSA) is 40.5 Å². The first-order valence-corrected chi connectivity index (χ1v) is 12.3. The zero-order valence-corrected chi connectivity index (χ0v) is 19.5.